The van der Waals surface area contributed by atoms with E-state index in [1.54, 1.807) is 23.9 Å². The van der Waals surface area contributed by atoms with Crippen LogP contribution in [0, 0.1) is 0 Å². The van der Waals surface area contributed by atoms with Crippen LogP contribution in [0.2, 0.25) is 0 Å². The maximum Gasteiger partial charge on any atom is 0.255 e. The molecule has 3 heterocycles. The van der Waals surface area contributed by atoms with Crippen molar-refractivity contribution in [2.45, 2.75) is 51.3 Å². The number of carbonyl (C=O) groups excluding carboxylic acids is 3. The molecule has 3 amide bonds. The highest BCUT2D eigenvalue weighted by atomic mass is 16.3. The zero-order valence-electron chi connectivity index (χ0n) is 15.5. The largest absolute Gasteiger partial charge is 0.393 e. The van der Waals surface area contributed by atoms with E-state index in [1.807, 2.05) is 12.1 Å². The van der Waals surface area contributed by atoms with Gasteiger partial charge in [-0.3, -0.25) is 19.7 Å². The molecule has 2 N–H and O–H groups in total. The Hall–Kier alpha value is -3.07. The number of hydrogen-bond acceptors (Lipinski definition) is 6. The lowest BCUT2D eigenvalue weighted by Crippen LogP contribution is -2.52. The van der Waals surface area contributed by atoms with Crippen LogP contribution in [0.1, 0.15) is 47.8 Å². The van der Waals surface area contributed by atoms with Crippen molar-refractivity contribution in [3.05, 3.63) is 41.2 Å². The number of hydrogen-bond donors (Lipinski definition) is 2. The Morgan fingerprint density at radius 3 is 2.89 bits per heavy atom. The van der Waals surface area contributed by atoms with Crippen molar-refractivity contribution < 1.29 is 19.5 Å². The lowest BCUT2D eigenvalue weighted by Gasteiger charge is -2.29. The Balaban J connectivity index is 1.53. The summed E-state index contributed by atoms with van der Waals surface area (Å²) >= 11 is 0. The first-order valence-corrected chi connectivity index (χ1v) is 9.29. The molecule has 1 aromatic carbocycles. The summed E-state index contributed by atoms with van der Waals surface area (Å²) in [5, 5.41) is 19.9. The second-order valence-corrected chi connectivity index (χ2v) is 7.28. The van der Waals surface area contributed by atoms with Gasteiger partial charge in [0.2, 0.25) is 11.8 Å². The van der Waals surface area contributed by atoms with E-state index in [0.29, 0.717) is 37.1 Å². The number of fused-ring (bicyclic) bond motifs is 1. The predicted molar refractivity (Wildman–Crippen MR) is 97.4 cm³/mol. The molecule has 9 heteroatoms. The minimum absolute atomic E-state index is 0.221. The first kappa shape index (κ1) is 18.3. The SMILES string of the molecule is CC(O)CCc1cn(-c2ccc3c(c2)C(=O)N(C2CCC(=O)NC2=O)C3)nn1. The van der Waals surface area contributed by atoms with Gasteiger partial charge < -0.3 is 10.0 Å². The van der Waals surface area contributed by atoms with Crippen LogP contribution in [0.15, 0.2) is 24.4 Å². The number of aliphatic hydroxyl groups is 1. The highest BCUT2D eigenvalue weighted by Gasteiger charge is 2.39. The smallest absolute Gasteiger partial charge is 0.255 e. The standard InChI is InChI=1S/C19H21N5O4/c1-11(25)2-4-13-10-24(22-21-13)14-5-3-12-9-23(19(28)15(12)8-14)16-6-7-17(26)20-18(16)27/h3,5,8,10-11,16,25H,2,4,6-7,9H2,1H3,(H,20,26,27). The summed E-state index contributed by atoms with van der Waals surface area (Å²) in [6.07, 6.45) is 3.17. The van der Waals surface area contributed by atoms with Crippen molar-refractivity contribution in [2.24, 2.45) is 0 Å². The molecule has 9 nitrogen and oxygen atoms in total. The van der Waals surface area contributed by atoms with Gasteiger partial charge in [0.15, 0.2) is 0 Å². The van der Waals surface area contributed by atoms with E-state index in [1.165, 1.54) is 4.90 Å². The maximum absolute atomic E-state index is 12.9. The summed E-state index contributed by atoms with van der Waals surface area (Å²) in [5.74, 6) is -0.942. The number of amides is 3. The molecule has 0 spiro atoms. The molecule has 2 aliphatic rings. The fourth-order valence-electron chi connectivity index (χ4n) is 3.58. The quantitative estimate of drug-likeness (QED) is 0.719. The van der Waals surface area contributed by atoms with Crippen LogP contribution in [0.25, 0.3) is 5.69 Å². The maximum atomic E-state index is 12.9. The molecule has 1 saturated heterocycles. The average molecular weight is 383 g/mol. The minimum Gasteiger partial charge on any atom is -0.393 e. The van der Waals surface area contributed by atoms with Gasteiger partial charge in [0.25, 0.3) is 5.91 Å². The van der Waals surface area contributed by atoms with Gasteiger partial charge in [-0.15, -0.1) is 5.10 Å². The van der Waals surface area contributed by atoms with Crippen molar-refractivity contribution in [2.75, 3.05) is 0 Å². The van der Waals surface area contributed by atoms with Crippen molar-refractivity contribution in [3.63, 3.8) is 0 Å². The molecule has 2 atom stereocenters. The second-order valence-electron chi connectivity index (χ2n) is 7.28. The lowest BCUT2D eigenvalue weighted by molar-refractivity contribution is -0.136. The number of carbonyl (C=O) groups is 3. The van der Waals surface area contributed by atoms with Crippen LogP contribution in [0.4, 0.5) is 0 Å². The number of aryl methyl sites for hydroxylation is 1. The fourth-order valence-corrected chi connectivity index (χ4v) is 3.58. The normalized spacial score (nSPS) is 20.3. The third-order valence-corrected chi connectivity index (χ3v) is 5.14. The van der Waals surface area contributed by atoms with Gasteiger partial charge >= 0.3 is 0 Å². The number of imide groups is 1. The van der Waals surface area contributed by atoms with Crippen LogP contribution in [-0.4, -0.2) is 54.9 Å². The third-order valence-electron chi connectivity index (χ3n) is 5.14. The fraction of sp³-hybridized carbons (Fsp3) is 0.421. The van der Waals surface area contributed by atoms with E-state index in [9.17, 15) is 19.5 Å². The summed E-state index contributed by atoms with van der Waals surface area (Å²) in [6, 6.07) is 4.83. The van der Waals surface area contributed by atoms with E-state index in [-0.39, 0.29) is 18.2 Å². The topological polar surface area (TPSA) is 117 Å². The van der Waals surface area contributed by atoms with E-state index in [0.717, 1.165) is 11.3 Å². The first-order valence-electron chi connectivity index (χ1n) is 9.29. The van der Waals surface area contributed by atoms with Gasteiger partial charge in [0.1, 0.15) is 6.04 Å². The number of nitrogens with one attached hydrogen (secondary N) is 1. The number of benzene rings is 1. The summed E-state index contributed by atoms with van der Waals surface area (Å²) in [4.78, 5) is 37.9. The Bertz CT molecular complexity index is 952. The lowest BCUT2D eigenvalue weighted by atomic mass is 10.0. The van der Waals surface area contributed by atoms with Gasteiger partial charge in [-0.05, 0) is 43.9 Å². The first-order chi connectivity index (χ1) is 13.4. The molecule has 1 aromatic heterocycles. The number of rotatable bonds is 5. The molecule has 4 rings (SSSR count). The van der Waals surface area contributed by atoms with Crippen LogP contribution < -0.4 is 5.32 Å². The molecular formula is C19H21N5O4. The molecule has 0 bridgehead atoms. The number of aromatic nitrogens is 3. The Kier molecular flexibility index (Phi) is 4.68. The summed E-state index contributed by atoms with van der Waals surface area (Å²) in [6.45, 7) is 2.07. The summed E-state index contributed by atoms with van der Waals surface area (Å²) in [5.41, 5.74) is 2.84. The van der Waals surface area contributed by atoms with Crippen molar-refractivity contribution >= 4 is 17.7 Å². The third kappa shape index (κ3) is 3.40. The van der Waals surface area contributed by atoms with Gasteiger partial charge in [-0.2, -0.15) is 0 Å². The van der Waals surface area contributed by atoms with E-state index in [4.69, 9.17) is 0 Å². The monoisotopic (exact) mass is 383 g/mol. The minimum atomic E-state index is -0.625. The predicted octanol–water partition coefficient (Wildman–Crippen LogP) is 0.342. The average Bonchev–Trinajstić information content (AvgIpc) is 3.25. The van der Waals surface area contributed by atoms with E-state index in [2.05, 4.69) is 15.6 Å². The molecule has 1 fully saturated rings. The molecule has 28 heavy (non-hydrogen) atoms. The van der Waals surface area contributed by atoms with Gasteiger partial charge in [-0.1, -0.05) is 11.3 Å². The summed E-state index contributed by atoms with van der Waals surface area (Å²) < 4.78 is 1.60. The molecule has 2 aromatic rings. The highest BCUT2D eigenvalue weighted by Crippen LogP contribution is 2.29. The molecule has 0 saturated carbocycles. The Labute approximate surface area is 161 Å². The Morgan fingerprint density at radius 1 is 1.32 bits per heavy atom. The van der Waals surface area contributed by atoms with Crippen LogP contribution >= 0.6 is 0 Å². The molecule has 146 valence electrons. The van der Waals surface area contributed by atoms with Crippen LogP contribution in [0.5, 0.6) is 0 Å². The van der Waals surface area contributed by atoms with E-state index < -0.39 is 18.1 Å². The number of nitrogens with zero attached hydrogens (tertiary/aromatic N) is 4. The van der Waals surface area contributed by atoms with Crippen LogP contribution in [-0.2, 0) is 22.6 Å². The van der Waals surface area contributed by atoms with Crippen molar-refractivity contribution in [3.8, 4) is 5.69 Å². The van der Waals surface area contributed by atoms with Gasteiger partial charge in [0, 0.05) is 18.5 Å². The summed E-state index contributed by atoms with van der Waals surface area (Å²) in [7, 11) is 0. The van der Waals surface area contributed by atoms with Crippen molar-refractivity contribution in [1.82, 2.24) is 25.2 Å². The zero-order valence-corrected chi connectivity index (χ0v) is 15.5. The molecule has 0 radical (unpaired) electrons. The number of aliphatic hydroxyl groups excluding tert-OH is 1. The van der Waals surface area contributed by atoms with Crippen molar-refractivity contribution in [1.29, 1.82) is 0 Å². The molecule has 2 aliphatic heterocycles. The van der Waals surface area contributed by atoms with Gasteiger partial charge in [-0.25, -0.2) is 4.68 Å². The van der Waals surface area contributed by atoms with E-state index >= 15 is 0 Å². The molecular weight excluding hydrogens is 362 g/mol. The van der Waals surface area contributed by atoms with Gasteiger partial charge in [0.05, 0.1) is 23.7 Å². The Morgan fingerprint density at radius 2 is 2.14 bits per heavy atom. The zero-order chi connectivity index (χ0) is 19.8. The van der Waals surface area contributed by atoms with Crippen LogP contribution in [0.3, 0.4) is 0 Å². The number of piperidine rings is 1. The highest BCUT2D eigenvalue weighted by molar-refractivity contribution is 6.05. The second kappa shape index (κ2) is 7.16. The molecule has 2 unspecified atom stereocenters. The molecule has 0 aliphatic carbocycles.